The van der Waals surface area contributed by atoms with Crippen LogP contribution >= 0.6 is 15.9 Å². The molecule has 4 nitrogen and oxygen atoms in total. The van der Waals surface area contributed by atoms with Gasteiger partial charge in [-0.2, -0.15) is 0 Å². The zero-order valence-electron chi connectivity index (χ0n) is 9.61. The van der Waals surface area contributed by atoms with Gasteiger partial charge in [-0.15, -0.1) is 0 Å². The van der Waals surface area contributed by atoms with Crippen molar-refractivity contribution >= 4 is 33.5 Å². The van der Waals surface area contributed by atoms with Gasteiger partial charge in [-0.3, -0.25) is 4.79 Å². The lowest BCUT2D eigenvalue weighted by molar-refractivity contribution is -0.116. The highest BCUT2D eigenvalue weighted by Crippen LogP contribution is 2.16. The average molecular weight is 300 g/mol. The lowest BCUT2D eigenvalue weighted by Crippen LogP contribution is -2.27. The normalized spacial score (nSPS) is 12.2. The fourth-order valence-electron chi connectivity index (χ4n) is 1.24. The van der Waals surface area contributed by atoms with E-state index in [-0.39, 0.29) is 22.2 Å². The molecular weight excluding hydrogens is 286 g/mol. The largest absolute Gasteiger partial charge is 0.478 e. The number of nitrogens with one attached hydrogen (secondary N) is 1. The fourth-order valence-corrected chi connectivity index (χ4v) is 1.36. The summed E-state index contributed by atoms with van der Waals surface area (Å²) in [6.45, 7) is 3.85. The van der Waals surface area contributed by atoms with Gasteiger partial charge >= 0.3 is 5.97 Å². The van der Waals surface area contributed by atoms with E-state index in [1.54, 1.807) is 12.1 Å². The Bertz CT molecular complexity index is 432. The summed E-state index contributed by atoms with van der Waals surface area (Å²) in [6, 6.07) is 6.16. The summed E-state index contributed by atoms with van der Waals surface area (Å²) >= 11 is 3.28. The Morgan fingerprint density at radius 2 is 2.00 bits per heavy atom. The van der Waals surface area contributed by atoms with Crippen LogP contribution in [0, 0.1) is 5.92 Å². The smallest absolute Gasteiger partial charge is 0.335 e. The molecule has 5 heteroatoms. The molecule has 0 aliphatic carbocycles. The van der Waals surface area contributed by atoms with Crippen LogP contribution in [0.3, 0.4) is 0 Å². The zero-order chi connectivity index (χ0) is 13.0. The number of halogens is 1. The first kappa shape index (κ1) is 13.7. The number of carbonyl (C=O) groups excluding carboxylic acids is 1. The molecule has 92 valence electrons. The molecule has 17 heavy (non-hydrogen) atoms. The lowest BCUT2D eigenvalue weighted by Gasteiger charge is -2.13. The topological polar surface area (TPSA) is 66.4 Å². The number of amides is 1. The van der Waals surface area contributed by atoms with Gasteiger partial charge in [0.15, 0.2) is 0 Å². The summed E-state index contributed by atoms with van der Waals surface area (Å²) in [5.74, 6) is -1.03. The van der Waals surface area contributed by atoms with Crippen LogP contribution in [0.15, 0.2) is 24.3 Å². The quantitative estimate of drug-likeness (QED) is 0.840. The first-order valence-corrected chi connectivity index (χ1v) is 6.11. The highest BCUT2D eigenvalue weighted by molar-refractivity contribution is 9.10. The van der Waals surface area contributed by atoms with Gasteiger partial charge in [0.05, 0.1) is 10.4 Å². The molecular formula is C12H14BrNO3. The maximum Gasteiger partial charge on any atom is 0.335 e. The molecule has 0 spiro atoms. The van der Waals surface area contributed by atoms with E-state index in [1.165, 1.54) is 12.1 Å². The van der Waals surface area contributed by atoms with Gasteiger partial charge in [0.2, 0.25) is 5.91 Å². The zero-order valence-corrected chi connectivity index (χ0v) is 11.2. The molecule has 0 aromatic heterocycles. The number of carboxylic acid groups (broad SMARTS) is 1. The Morgan fingerprint density at radius 3 is 2.53 bits per heavy atom. The molecule has 1 rings (SSSR count). The molecule has 0 radical (unpaired) electrons. The molecule has 0 bridgehead atoms. The Labute approximate surface area is 108 Å². The van der Waals surface area contributed by atoms with Crippen molar-refractivity contribution < 1.29 is 14.7 Å². The Hall–Kier alpha value is -1.36. The summed E-state index contributed by atoms with van der Waals surface area (Å²) < 4.78 is 0. The first-order chi connectivity index (χ1) is 7.91. The van der Waals surface area contributed by atoms with Gasteiger partial charge in [-0.1, -0.05) is 35.8 Å². The van der Waals surface area contributed by atoms with E-state index in [0.717, 1.165) is 0 Å². The minimum absolute atomic E-state index is 0.151. The van der Waals surface area contributed by atoms with Crippen LogP contribution < -0.4 is 5.32 Å². The second-order valence-electron chi connectivity index (χ2n) is 4.02. The summed E-state index contributed by atoms with van der Waals surface area (Å²) in [7, 11) is 0. The third kappa shape index (κ3) is 3.85. The SMILES string of the molecule is CC(C)C(Br)C(=O)Nc1cccc(C(=O)O)c1. The Morgan fingerprint density at radius 1 is 1.35 bits per heavy atom. The van der Waals surface area contributed by atoms with Gasteiger partial charge in [0.25, 0.3) is 0 Å². The van der Waals surface area contributed by atoms with Crippen LogP contribution in [0.5, 0.6) is 0 Å². The number of anilines is 1. The van der Waals surface area contributed by atoms with E-state index in [4.69, 9.17) is 5.11 Å². The molecule has 0 fully saturated rings. The van der Waals surface area contributed by atoms with Crippen molar-refractivity contribution in [2.24, 2.45) is 5.92 Å². The van der Waals surface area contributed by atoms with Crippen molar-refractivity contribution in [1.82, 2.24) is 0 Å². The van der Waals surface area contributed by atoms with Gasteiger partial charge in [-0.05, 0) is 24.1 Å². The molecule has 1 aromatic carbocycles. The van der Waals surface area contributed by atoms with Crippen LogP contribution in [-0.2, 0) is 4.79 Å². The number of aromatic carboxylic acids is 1. The number of rotatable bonds is 4. The molecule has 0 aliphatic heterocycles. The van der Waals surface area contributed by atoms with E-state index < -0.39 is 5.97 Å². The molecule has 0 aliphatic rings. The summed E-state index contributed by atoms with van der Waals surface area (Å²) in [4.78, 5) is 22.2. The highest BCUT2D eigenvalue weighted by Gasteiger charge is 2.18. The average Bonchev–Trinajstić information content (AvgIpc) is 2.28. The highest BCUT2D eigenvalue weighted by atomic mass is 79.9. The van der Waals surface area contributed by atoms with Gasteiger partial charge < -0.3 is 10.4 Å². The predicted octanol–water partition coefficient (Wildman–Crippen LogP) is 2.74. The maximum atomic E-state index is 11.7. The van der Waals surface area contributed by atoms with Crippen molar-refractivity contribution in [2.45, 2.75) is 18.7 Å². The van der Waals surface area contributed by atoms with Crippen LogP contribution in [0.25, 0.3) is 0 Å². The number of hydrogen-bond donors (Lipinski definition) is 2. The number of benzene rings is 1. The molecule has 0 heterocycles. The molecule has 1 atom stereocenters. The molecule has 2 N–H and O–H groups in total. The third-order valence-corrected chi connectivity index (χ3v) is 3.69. The van der Waals surface area contributed by atoms with Crippen molar-refractivity contribution in [1.29, 1.82) is 0 Å². The van der Waals surface area contributed by atoms with Gasteiger partial charge in [-0.25, -0.2) is 4.79 Å². The Balaban J connectivity index is 2.78. The molecule has 1 aromatic rings. The van der Waals surface area contributed by atoms with E-state index >= 15 is 0 Å². The number of alkyl halides is 1. The molecule has 1 unspecified atom stereocenters. The lowest BCUT2D eigenvalue weighted by atomic mass is 10.1. The third-order valence-electron chi connectivity index (χ3n) is 2.21. The fraction of sp³-hybridized carbons (Fsp3) is 0.333. The summed E-state index contributed by atoms with van der Waals surface area (Å²) in [5, 5.41) is 11.5. The maximum absolute atomic E-state index is 11.7. The first-order valence-electron chi connectivity index (χ1n) is 5.20. The van der Waals surface area contributed by atoms with Crippen molar-refractivity contribution in [3.8, 4) is 0 Å². The van der Waals surface area contributed by atoms with Crippen LogP contribution in [-0.4, -0.2) is 21.8 Å². The monoisotopic (exact) mass is 299 g/mol. The summed E-state index contributed by atoms with van der Waals surface area (Å²) in [6.07, 6.45) is 0. The van der Waals surface area contributed by atoms with E-state index in [1.807, 2.05) is 13.8 Å². The summed E-state index contributed by atoms with van der Waals surface area (Å²) in [5.41, 5.74) is 0.637. The second kappa shape index (κ2) is 5.82. The Kier molecular flexibility index (Phi) is 4.69. The van der Waals surface area contributed by atoms with E-state index in [0.29, 0.717) is 5.69 Å². The van der Waals surface area contributed by atoms with E-state index in [2.05, 4.69) is 21.2 Å². The number of hydrogen-bond acceptors (Lipinski definition) is 2. The van der Waals surface area contributed by atoms with E-state index in [9.17, 15) is 9.59 Å². The van der Waals surface area contributed by atoms with Crippen LogP contribution in [0.4, 0.5) is 5.69 Å². The standard InChI is InChI=1S/C12H14BrNO3/c1-7(2)10(13)11(15)14-9-5-3-4-8(6-9)12(16)17/h3-7,10H,1-2H3,(H,14,15)(H,16,17). The van der Waals surface area contributed by atoms with Crippen LogP contribution in [0.1, 0.15) is 24.2 Å². The van der Waals surface area contributed by atoms with Crippen molar-refractivity contribution in [3.63, 3.8) is 0 Å². The number of carboxylic acids is 1. The molecule has 0 saturated carbocycles. The van der Waals surface area contributed by atoms with Gasteiger partial charge in [0, 0.05) is 5.69 Å². The number of carbonyl (C=O) groups is 2. The minimum atomic E-state index is -1.01. The predicted molar refractivity (Wildman–Crippen MR) is 69.6 cm³/mol. The van der Waals surface area contributed by atoms with Crippen LogP contribution in [0.2, 0.25) is 0 Å². The second-order valence-corrected chi connectivity index (χ2v) is 5.01. The minimum Gasteiger partial charge on any atom is -0.478 e. The van der Waals surface area contributed by atoms with Crippen molar-refractivity contribution in [2.75, 3.05) is 5.32 Å². The molecule has 1 amide bonds. The van der Waals surface area contributed by atoms with Gasteiger partial charge in [0.1, 0.15) is 0 Å². The molecule has 0 saturated heterocycles. The van der Waals surface area contributed by atoms with Crippen molar-refractivity contribution in [3.05, 3.63) is 29.8 Å².